The maximum absolute atomic E-state index is 12.4. The van der Waals surface area contributed by atoms with Crippen LogP contribution in [0.2, 0.25) is 10.0 Å². The minimum absolute atomic E-state index is 0.0546. The maximum Gasteiger partial charge on any atom is 0.320 e. The first-order chi connectivity index (χ1) is 17.1. The topological polar surface area (TPSA) is 122 Å². The predicted octanol–water partition coefficient (Wildman–Crippen LogP) is 5.28. The average Bonchev–Trinajstić information content (AvgIpc) is 2.76. The highest BCUT2D eigenvalue weighted by atomic mass is 35.5. The van der Waals surface area contributed by atoms with Gasteiger partial charge in [0.2, 0.25) is 10.0 Å². The molecular weight excluding hydrogens is 539 g/mol. The zero-order chi connectivity index (χ0) is 27.5. The van der Waals surface area contributed by atoms with Gasteiger partial charge < -0.3 is 15.2 Å². The monoisotopic (exact) mass is 570 g/mol. The largest absolute Gasteiger partial charge is 0.481 e. The van der Waals surface area contributed by atoms with E-state index in [4.69, 9.17) is 27.9 Å². The molecule has 2 aromatic carbocycles. The number of anilines is 1. The lowest BCUT2D eigenvalue weighted by molar-refractivity contribution is -0.153. The smallest absolute Gasteiger partial charge is 0.320 e. The number of carbonyl (C=O) groups is 2. The molecule has 37 heavy (non-hydrogen) atoms. The molecule has 2 aromatic rings. The Bertz CT molecular complexity index is 1290. The summed E-state index contributed by atoms with van der Waals surface area (Å²) in [5.74, 6) is -1.50. The third-order valence-electron chi connectivity index (χ3n) is 6.00. The van der Waals surface area contributed by atoms with Crippen molar-refractivity contribution in [3.8, 4) is 0 Å². The SMILES string of the molecule is CC(C)(C)OC(=O)CN[C@H]1CC[C@@H](c2ccc(Cl)c(Cl)c2)c2ccc(NS(C)(=O)=O)c(CCC(=O)O)c21. The van der Waals surface area contributed by atoms with Gasteiger partial charge in [0, 0.05) is 18.4 Å². The average molecular weight is 572 g/mol. The molecule has 0 saturated carbocycles. The van der Waals surface area contributed by atoms with E-state index in [0.717, 1.165) is 22.9 Å². The van der Waals surface area contributed by atoms with Crippen molar-refractivity contribution in [2.24, 2.45) is 0 Å². The summed E-state index contributed by atoms with van der Waals surface area (Å²) in [6.07, 6.45) is 2.29. The van der Waals surface area contributed by atoms with Gasteiger partial charge in [-0.05, 0) is 80.5 Å². The standard InChI is InChI=1S/C26H32Cl2N2O6S/c1-26(2,3)36-24(33)14-29-22-11-6-16(15-5-9-19(27)20(28)13-15)17-7-10-21(30-37(4,34)35)18(25(17)22)8-12-23(31)32/h5,7,9-10,13,16,22,29-30H,6,8,11-12,14H2,1-4H3,(H,31,32)/t16-,22-/m0/s1. The van der Waals surface area contributed by atoms with Crippen molar-refractivity contribution < 1.29 is 27.9 Å². The maximum atomic E-state index is 12.4. The van der Waals surface area contributed by atoms with Gasteiger partial charge in [-0.2, -0.15) is 0 Å². The molecule has 3 rings (SSSR count). The van der Waals surface area contributed by atoms with Gasteiger partial charge in [0.25, 0.3) is 0 Å². The lowest BCUT2D eigenvalue weighted by Gasteiger charge is -2.35. The molecule has 0 aromatic heterocycles. The first-order valence-corrected chi connectivity index (χ1v) is 14.5. The summed E-state index contributed by atoms with van der Waals surface area (Å²) >= 11 is 12.4. The predicted molar refractivity (Wildman–Crippen MR) is 145 cm³/mol. The second kappa shape index (κ2) is 11.6. The van der Waals surface area contributed by atoms with E-state index in [2.05, 4.69) is 10.0 Å². The highest BCUT2D eigenvalue weighted by molar-refractivity contribution is 7.92. The lowest BCUT2D eigenvalue weighted by atomic mass is 9.74. The number of carboxylic acid groups (broad SMARTS) is 1. The summed E-state index contributed by atoms with van der Waals surface area (Å²) in [4.78, 5) is 23.9. The molecule has 2 atom stereocenters. The Morgan fingerprint density at radius 1 is 1.11 bits per heavy atom. The van der Waals surface area contributed by atoms with Gasteiger partial charge in [-0.15, -0.1) is 0 Å². The van der Waals surface area contributed by atoms with E-state index < -0.39 is 27.6 Å². The van der Waals surface area contributed by atoms with Gasteiger partial charge in [-0.25, -0.2) is 8.42 Å². The van der Waals surface area contributed by atoms with E-state index in [1.165, 1.54) is 0 Å². The molecule has 0 saturated heterocycles. The quantitative estimate of drug-likeness (QED) is 0.350. The van der Waals surface area contributed by atoms with E-state index in [-0.39, 0.29) is 31.3 Å². The van der Waals surface area contributed by atoms with Crippen LogP contribution in [-0.2, 0) is 30.8 Å². The molecule has 202 valence electrons. The zero-order valence-corrected chi connectivity index (χ0v) is 23.6. The number of ether oxygens (including phenoxy) is 1. The number of carboxylic acids is 1. The second-order valence-corrected chi connectivity index (χ2v) is 12.7. The highest BCUT2D eigenvalue weighted by Gasteiger charge is 2.33. The van der Waals surface area contributed by atoms with Gasteiger partial charge in [-0.1, -0.05) is 35.3 Å². The Morgan fingerprint density at radius 2 is 1.81 bits per heavy atom. The summed E-state index contributed by atoms with van der Waals surface area (Å²) in [6.45, 7) is 5.31. The van der Waals surface area contributed by atoms with Crippen LogP contribution in [0.1, 0.15) is 74.2 Å². The number of benzene rings is 2. The molecule has 11 heteroatoms. The van der Waals surface area contributed by atoms with E-state index in [1.54, 1.807) is 32.9 Å². The molecule has 0 unspecified atom stereocenters. The summed E-state index contributed by atoms with van der Waals surface area (Å²) in [5, 5.41) is 13.5. The summed E-state index contributed by atoms with van der Waals surface area (Å²) in [5.41, 5.74) is 2.89. The third-order valence-corrected chi connectivity index (χ3v) is 7.33. The molecule has 8 nitrogen and oxygen atoms in total. The van der Waals surface area contributed by atoms with Crippen molar-refractivity contribution >= 4 is 50.9 Å². The fourth-order valence-electron chi connectivity index (χ4n) is 4.69. The van der Waals surface area contributed by atoms with Crippen LogP contribution >= 0.6 is 23.2 Å². The number of aliphatic carboxylic acids is 1. The van der Waals surface area contributed by atoms with Crippen LogP contribution in [0.3, 0.4) is 0 Å². The van der Waals surface area contributed by atoms with Crippen LogP contribution in [0.5, 0.6) is 0 Å². The van der Waals surface area contributed by atoms with Crippen LogP contribution in [-0.4, -0.2) is 43.9 Å². The van der Waals surface area contributed by atoms with E-state index in [0.29, 0.717) is 34.1 Å². The van der Waals surface area contributed by atoms with E-state index in [1.807, 2.05) is 18.2 Å². The molecule has 1 aliphatic rings. The van der Waals surface area contributed by atoms with Crippen molar-refractivity contribution in [1.82, 2.24) is 5.32 Å². The molecule has 1 aliphatic carbocycles. The van der Waals surface area contributed by atoms with Crippen molar-refractivity contribution in [3.63, 3.8) is 0 Å². The summed E-state index contributed by atoms with van der Waals surface area (Å²) in [6, 6.07) is 8.63. The first-order valence-electron chi connectivity index (χ1n) is 11.9. The molecule has 3 N–H and O–H groups in total. The molecule has 0 aliphatic heterocycles. The molecule has 0 heterocycles. The van der Waals surface area contributed by atoms with Crippen molar-refractivity contribution in [2.45, 2.75) is 64.0 Å². The first kappa shape index (κ1) is 29.2. The summed E-state index contributed by atoms with van der Waals surface area (Å²) in [7, 11) is -3.63. The number of sulfonamides is 1. The molecule has 0 amide bonds. The molecule has 0 spiro atoms. The number of esters is 1. The Hall–Kier alpha value is -2.33. The van der Waals surface area contributed by atoms with E-state index >= 15 is 0 Å². The molecular formula is C26H32Cl2N2O6S. The van der Waals surface area contributed by atoms with Gasteiger partial charge in [0.1, 0.15) is 5.60 Å². The zero-order valence-electron chi connectivity index (χ0n) is 21.2. The summed E-state index contributed by atoms with van der Waals surface area (Å²) < 4.78 is 32.2. The Balaban J connectivity index is 2.11. The van der Waals surface area contributed by atoms with Gasteiger partial charge in [0.15, 0.2) is 0 Å². The fourth-order valence-corrected chi connectivity index (χ4v) is 5.59. The fraction of sp³-hybridized carbons (Fsp3) is 0.462. The lowest BCUT2D eigenvalue weighted by Crippen LogP contribution is -2.36. The van der Waals surface area contributed by atoms with Crippen LogP contribution in [0.25, 0.3) is 0 Å². The molecule has 0 fully saturated rings. The minimum atomic E-state index is -3.63. The molecule has 0 bridgehead atoms. The van der Waals surface area contributed by atoms with Crippen molar-refractivity contribution in [1.29, 1.82) is 0 Å². The van der Waals surface area contributed by atoms with Crippen LogP contribution in [0, 0.1) is 0 Å². The van der Waals surface area contributed by atoms with Crippen LogP contribution in [0.15, 0.2) is 30.3 Å². The van der Waals surface area contributed by atoms with Crippen molar-refractivity contribution in [2.75, 3.05) is 17.5 Å². The van der Waals surface area contributed by atoms with Crippen LogP contribution in [0.4, 0.5) is 5.69 Å². The Morgan fingerprint density at radius 3 is 2.41 bits per heavy atom. The number of carbonyl (C=O) groups excluding carboxylic acids is 1. The number of nitrogens with one attached hydrogen (secondary N) is 2. The molecule has 0 radical (unpaired) electrons. The van der Waals surface area contributed by atoms with E-state index in [9.17, 15) is 23.1 Å². The minimum Gasteiger partial charge on any atom is -0.481 e. The number of rotatable bonds is 9. The second-order valence-electron chi connectivity index (χ2n) is 10.2. The number of fused-ring (bicyclic) bond motifs is 1. The number of hydrogen-bond acceptors (Lipinski definition) is 6. The number of hydrogen-bond donors (Lipinski definition) is 3. The normalized spacial score (nSPS) is 17.7. The van der Waals surface area contributed by atoms with Gasteiger partial charge >= 0.3 is 11.9 Å². The van der Waals surface area contributed by atoms with Gasteiger partial charge in [0.05, 0.1) is 28.5 Å². The Labute approximate surface area is 227 Å². The van der Waals surface area contributed by atoms with Crippen molar-refractivity contribution in [3.05, 3.63) is 62.6 Å². The Kier molecular flexibility index (Phi) is 9.16. The highest BCUT2D eigenvalue weighted by Crippen LogP contribution is 2.45. The van der Waals surface area contributed by atoms with Crippen LogP contribution < -0.4 is 10.0 Å². The van der Waals surface area contributed by atoms with Gasteiger partial charge in [-0.3, -0.25) is 14.3 Å². The number of halogens is 2. The third kappa shape index (κ3) is 8.07.